The first-order valence-corrected chi connectivity index (χ1v) is 15.7. The molecule has 0 radical (unpaired) electrons. The molecule has 0 aromatic heterocycles. The smallest absolute Gasteiger partial charge is 0.158 e. The van der Waals surface area contributed by atoms with Gasteiger partial charge in [0.1, 0.15) is 11.5 Å². The van der Waals surface area contributed by atoms with Gasteiger partial charge in [0.25, 0.3) is 0 Å². The van der Waals surface area contributed by atoms with Gasteiger partial charge in [-0.1, -0.05) is 91.5 Å². The van der Waals surface area contributed by atoms with Gasteiger partial charge in [-0.05, 0) is 58.8 Å². The van der Waals surface area contributed by atoms with E-state index in [4.69, 9.17) is 9.47 Å². The molecule has 1 heterocycles. The van der Waals surface area contributed by atoms with E-state index in [9.17, 15) is 8.42 Å². The molecule has 2 aromatic carbocycles. The number of benzene rings is 2. The number of hydrogen-bond donors (Lipinski definition) is 0. The molecule has 0 unspecified atom stereocenters. The molecule has 1 aliphatic heterocycles. The topological polar surface area (TPSA) is 52.6 Å². The summed E-state index contributed by atoms with van der Waals surface area (Å²) < 4.78 is 39.3. The van der Waals surface area contributed by atoms with E-state index in [1.165, 1.54) is 25.7 Å². The van der Waals surface area contributed by atoms with Crippen LogP contribution in [0.4, 0.5) is 0 Å². The maximum atomic E-state index is 13.8. The first-order chi connectivity index (χ1) is 17.2. The third kappa shape index (κ3) is 7.75. The minimum atomic E-state index is -3.50. The molecule has 0 aliphatic carbocycles. The van der Waals surface area contributed by atoms with Crippen LogP contribution in [0, 0.1) is 0 Å². The van der Waals surface area contributed by atoms with E-state index >= 15 is 0 Å². The van der Waals surface area contributed by atoms with Gasteiger partial charge in [0.2, 0.25) is 0 Å². The van der Waals surface area contributed by atoms with E-state index in [2.05, 4.69) is 53.7 Å². The highest BCUT2D eigenvalue weighted by molar-refractivity contribution is 7.89. The van der Waals surface area contributed by atoms with E-state index in [-0.39, 0.29) is 22.3 Å². The molecule has 4 nitrogen and oxygen atoms in total. The van der Waals surface area contributed by atoms with Crippen molar-refractivity contribution in [2.75, 3.05) is 14.2 Å². The van der Waals surface area contributed by atoms with Gasteiger partial charge in [0.05, 0.1) is 25.7 Å². The van der Waals surface area contributed by atoms with Crippen molar-refractivity contribution in [3.8, 4) is 11.5 Å². The van der Waals surface area contributed by atoms with Crippen LogP contribution in [0.25, 0.3) is 0 Å². The summed E-state index contributed by atoms with van der Waals surface area (Å²) in [5.74, 6) is 1.37. The molecule has 0 saturated heterocycles. The number of methoxy groups -OCH3 is 2. The molecule has 0 atom stereocenters. The number of aryl methyl sites for hydroxylation is 2. The molecule has 0 spiro atoms. The Morgan fingerprint density at radius 2 is 0.892 bits per heavy atom. The van der Waals surface area contributed by atoms with E-state index in [1.807, 2.05) is 12.1 Å². The predicted molar refractivity (Wildman–Crippen MR) is 155 cm³/mol. The van der Waals surface area contributed by atoms with Gasteiger partial charge in [0, 0.05) is 11.1 Å². The molecule has 0 N–H and O–H groups in total. The fourth-order valence-corrected chi connectivity index (χ4v) is 6.83. The first kappa shape index (κ1) is 29.5. The summed E-state index contributed by atoms with van der Waals surface area (Å²) in [6.45, 7) is 13.1. The van der Waals surface area contributed by atoms with Gasteiger partial charge in [-0.25, -0.2) is 8.42 Å². The standard InChI is InChI=1S/C32H48O4S/c1-31(2,3)27-17-23-15-13-11-9-10-12-14-16-24-18-28(32(4,5)6)20-26(30(24)36-8)22-37(33,34)21-25(19-27)29(23)35-7/h17-20H,9-16,21-22H2,1-8H3. The van der Waals surface area contributed by atoms with Crippen LogP contribution in [0.2, 0.25) is 0 Å². The second kappa shape index (κ2) is 11.8. The van der Waals surface area contributed by atoms with Crippen molar-refractivity contribution >= 4 is 9.84 Å². The summed E-state index contributed by atoms with van der Waals surface area (Å²) in [4.78, 5) is 0. The summed E-state index contributed by atoms with van der Waals surface area (Å²) in [6, 6.07) is 8.54. The van der Waals surface area contributed by atoms with Crippen molar-refractivity contribution < 1.29 is 17.9 Å². The van der Waals surface area contributed by atoms with Gasteiger partial charge in [0.15, 0.2) is 9.84 Å². The summed E-state index contributed by atoms with van der Waals surface area (Å²) in [6.07, 6.45) is 8.75. The number of ether oxygens (including phenoxy) is 2. The third-order valence-electron chi connectivity index (χ3n) is 7.52. The Balaban J connectivity index is 2.16. The average Bonchev–Trinajstić information content (AvgIpc) is 2.78. The fourth-order valence-electron chi connectivity index (χ4n) is 5.35. The number of sulfone groups is 1. The van der Waals surface area contributed by atoms with Gasteiger partial charge in [-0.2, -0.15) is 0 Å². The number of hydrogen-bond acceptors (Lipinski definition) is 4. The van der Waals surface area contributed by atoms with Crippen molar-refractivity contribution in [2.45, 2.75) is 115 Å². The monoisotopic (exact) mass is 528 g/mol. The van der Waals surface area contributed by atoms with Crippen LogP contribution in [-0.2, 0) is 45.0 Å². The molecule has 5 heteroatoms. The van der Waals surface area contributed by atoms with E-state index in [0.29, 0.717) is 0 Å². The van der Waals surface area contributed by atoms with Crippen molar-refractivity contribution in [3.05, 3.63) is 57.6 Å². The third-order valence-corrected chi connectivity index (χ3v) is 9.02. The van der Waals surface area contributed by atoms with Crippen LogP contribution in [-0.4, -0.2) is 22.6 Å². The minimum absolute atomic E-state index is 0.0503. The Bertz CT molecular complexity index is 1090. The Morgan fingerprint density at radius 1 is 0.568 bits per heavy atom. The molecule has 0 saturated carbocycles. The van der Waals surface area contributed by atoms with E-state index in [1.54, 1.807) is 14.2 Å². The van der Waals surface area contributed by atoms with Crippen LogP contribution in [0.5, 0.6) is 11.5 Å². The molecule has 0 fully saturated rings. The summed E-state index contributed by atoms with van der Waals surface area (Å²) in [5.41, 5.74) is 5.91. The number of fused-ring (bicyclic) bond motifs is 4. The summed E-state index contributed by atoms with van der Waals surface area (Å²) >= 11 is 0. The molecule has 37 heavy (non-hydrogen) atoms. The first-order valence-electron chi connectivity index (χ1n) is 13.9. The summed E-state index contributed by atoms with van der Waals surface area (Å²) in [7, 11) is -0.174. The largest absolute Gasteiger partial charge is 0.496 e. The van der Waals surface area contributed by atoms with Crippen LogP contribution >= 0.6 is 0 Å². The van der Waals surface area contributed by atoms with Crippen LogP contribution in [0.1, 0.15) is 113 Å². The molecule has 206 valence electrons. The lowest BCUT2D eigenvalue weighted by Crippen LogP contribution is -2.17. The van der Waals surface area contributed by atoms with Gasteiger partial charge in [-0.15, -0.1) is 0 Å². The van der Waals surface area contributed by atoms with Crippen LogP contribution in [0.3, 0.4) is 0 Å². The molecule has 4 bridgehead atoms. The second-order valence-corrected chi connectivity index (χ2v) is 14.9. The molecular weight excluding hydrogens is 480 g/mol. The second-order valence-electron chi connectivity index (χ2n) is 12.8. The van der Waals surface area contributed by atoms with Crippen molar-refractivity contribution in [1.82, 2.24) is 0 Å². The SMILES string of the molecule is COc1c2cc(C(C)(C)C)cc1CS(=O)(=O)Cc1cc(C(C)(C)C)cc(c1OC)CCCCCCCC2. The molecular formula is C32H48O4S. The van der Waals surface area contributed by atoms with E-state index in [0.717, 1.165) is 70.6 Å². The zero-order chi connectivity index (χ0) is 27.4. The Kier molecular flexibility index (Phi) is 9.42. The van der Waals surface area contributed by atoms with Crippen molar-refractivity contribution in [2.24, 2.45) is 0 Å². The van der Waals surface area contributed by atoms with Gasteiger partial charge >= 0.3 is 0 Å². The lowest BCUT2D eigenvalue weighted by Gasteiger charge is -2.25. The van der Waals surface area contributed by atoms with Crippen LogP contribution in [0.15, 0.2) is 24.3 Å². The highest BCUT2D eigenvalue weighted by atomic mass is 32.2. The molecule has 0 amide bonds. The molecule has 2 aromatic rings. The Labute approximate surface area is 226 Å². The highest BCUT2D eigenvalue weighted by Gasteiger charge is 2.26. The van der Waals surface area contributed by atoms with Crippen molar-refractivity contribution in [1.29, 1.82) is 0 Å². The lowest BCUT2D eigenvalue weighted by atomic mass is 9.84. The van der Waals surface area contributed by atoms with Crippen LogP contribution < -0.4 is 9.47 Å². The Hall–Kier alpha value is -2.01. The fraction of sp³-hybridized carbons (Fsp3) is 0.625. The molecule has 3 rings (SSSR count). The minimum Gasteiger partial charge on any atom is -0.496 e. The quantitative estimate of drug-likeness (QED) is 0.398. The molecule has 1 aliphatic rings. The number of rotatable bonds is 2. The maximum Gasteiger partial charge on any atom is 0.158 e. The van der Waals surface area contributed by atoms with Gasteiger partial charge in [-0.3, -0.25) is 0 Å². The zero-order valence-corrected chi connectivity index (χ0v) is 25.2. The van der Waals surface area contributed by atoms with Gasteiger partial charge < -0.3 is 9.47 Å². The average molecular weight is 529 g/mol. The zero-order valence-electron chi connectivity index (χ0n) is 24.4. The maximum absolute atomic E-state index is 13.8. The van der Waals surface area contributed by atoms with E-state index < -0.39 is 9.84 Å². The lowest BCUT2D eigenvalue weighted by molar-refractivity contribution is 0.403. The van der Waals surface area contributed by atoms with Crippen molar-refractivity contribution in [3.63, 3.8) is 0 Å². The Morgan fingerprint density at radius 3 is 1.22 bits per heavy atom. The highest BCUT2D eigenvalue weighted by Crippen LogP contribution is 2.37. The predicted octanol–water partition coefficient (Wildman–Crippen LogP) is 7.85. The normalized spacial score (nSPS) is 17.6. The summed E-state index contributed by atoms with van der Waals surface area (Å²) in [5, 5.41) is 0.